The van der Waals surface area contributed by atoms with Crippen molar-refractivity contribution in [3.63, 3.8) is 0 Å². The van der Waals surface area contributed by atoms with Gasteiger partial charge in [0.1, 0.15) is 29.4 Å². The van der Waals surface area contributed by atoms with Gasteiger partial charge in [-0.15, -0.1) is 12.1 Å². The van der Waals surface area contributed by atoms with Crippen LogP contribution in [0.3, 0.4) is 0 Å². The van der Waals surface area contributed by atoms with Crippen LogP contribution in [0.4, 0.5) is 17.6 Å². The molecule has 4 rings (SSSR count). The molecule has 0 aliphatic carbocycles. The van der Waals surface area contributed by atoms with Crippen molar-refractivity contribution in [2.45, 2.75) is 12.5 Å². The zero-order valence-corrected chi connectivity index (χ0v) is 19.4. The predicted octanol–water partition coefficient (Wildman–Crippen LogP) is 4.66. The van der Waals surface area contributed by atoms with E-state index in [9.17, 15) is 17.6 Å². The molecule has 0 saturated heterocycles. The minimum absolute atomic E-state index is 0. The Balaban J connectivity index is 0.00000306. The van der Waals surface area contributed by atoms with Gasteiger partial charge in [0.2, 0.25) is 0 Å². The van der Waals surface area contributed by atoms with E-state index in [0.717, 1.165) is 12.1 Å². The van der Waals surface area contributed by atoms with Gasteiger partial charge in [-0.1, -0.05) is 47.5 Å². The Morgan fingerprint density at radius 2 is 1.15 bits per heavy atom. The van der Waals surface area contributed by atoms with Crippen LogP contribution in [0.5, 0.6) is 0 Å². The Kier molecular flexibility index (Phi) is 7.34. The van der Waals surface area contributed by atoms with Gasteiger partial charge in [-0.3, -0.25) is 19.9 Å². The van der Waals surface area contributed by atoms with Crippen molar-refractivity contribution in [1.82, 2.24) is 19.9 Å². The van der Waals surface area contributed by atoms with E-state index in [1.54, 1.807) is 31.2 Å². The average Bonchev–Trinajstić information content (AvgIpc) is 2.78. The first-order valence-electron chi connectivity index (χ1n) is 9.30. The quantitative estimate of drug-likeness (QED) is 0.182. The molecule has 0 fully saturated rings. The van der Waals surface area contributed by atoms with Gasteiger partial charge in [-0.25, -0.2) is 17.6 Å². The minimum Gasteiger partial charge on any atom is -0.366 e. The predicted molar refractivity (Wildman–Crippen MR) is 106 cm³/mol. The Bertz CT molecular complexity index is 1210. The first-order chi connectivity index (χ1) is 15.3. The Morgan fingerprint density at radius 3 is 1.52 bits per heavy atom. The van der Waals surface area contributed by atoms with Gasteiger partial charge >= 0.3 is 21.1 Å². The summed E-state index contributed by atoms with van der Waals surface area (Å²) in [5.41, 5.74) is -0.435. The summed E-state index contributed by atoms with van der Waals surface area (Å²) in [5.74, 6) is -4.10. The average molecular weight is 633 g/mol. The normalized spacial score (nSPS) is 11.2. The molecule has 170 valence electrons. The second-order valence-corrected chi connectivity index (χ2v) is 6.83. The molecule has 0 aliphatic rings. The van der Waals surface area contributed by atoms with E-state index in [1.165, 1.54) is 19.2 Å². The summed E-state index contributed by atoms with van der Waals surface area (Å²) in [6, 6.07) is 16.4. The van der Waals surface area contributed by atoms with Crippen LogP contribution < -0.4 is 0 Å². The van der Waals surface area contributed by atoms with E-state index in [0.29, 0.717) is 11.4 Å². The summed E-state index contributed by atoms with van der Waals surface area (Å²) < 4.78 is 60.3. The minimum atomic E-state index is -1.24. The second kappa shape index (κ2) is 9.85. The number of methoxy groups -OCH3 is 1. The third-order valence-corrected chi connectivity index (χ3v) is 4.89. The van der Waals surface area contributed by atoms with Crippen LogP contribution in [0.15, 0.2) is 48.5 Å². The second-order valence-electron chi connectivity index (χ2n) is 6.83. The molecule has 5 nitrogen and oxygen atoms in total. The summed E-state index contributed by atoms with van der Waals surface area (Å²) in [7, 11) is 1.43. The van der Waals surface area contributed by atoms with Crippen molar-refractivity contribution in [2.75, 3.05) is 7.11 Å². The zero-order chi connectivity index (χ0) is 22.9. The number of nitrogens with zero attached hydrogens (tertiary/aromatic N) is 4. The topological polar surface area (TPSA) is 60.8 Å². The van der Waals surface area contributed by atoms with Crippen LogP contribution in [0.1, 0.15) is 18.3 Å². The van der Waals surface area contributed by atoms with Gasteiger partial charge in [-0.2, -0.15) is 0 Å². The molecule has 0 saturated carbocycles. The van der Waals surface area contributed by atoms with Crippen LogP contribution in [0.2, 0.25) is 0 Å². The van der Waals surface area contributed by atoms with Gasteiger partial charge in [-0.05, 0) is 30.4 Å². The van der Waals surface area contributed by atoms with Crippen molar-refractivity contribution >= 4 is 0 Å². The standard InChI is InChI=1S/C23H14F4N4O.Pt/c1-23(32-2,17-7-3-5-15(28-17)13-9-11-19(24)30-21(13)26)18-8-4-6-16(29-18)14-10-12-20(25)31-22(14)27;/h3-8,11-12H,1-2H3;/q-2;+2. The van der Waals surface area contributed by atoms with E-state index in [-0.39, 0.29) is 43.6 Å². The number of pyridine rings is 4. The fraction of sp³-hybridized carbons (Fsp3) is 0.130. The molecule has 4 aromatic rings. The zero-order valence-electron chi connectivity index (χ0n) is 17.1. The van der Waals surface area contributed by atoms with Crippen LogP contribution >= 0.6 is 0 Å². The molecule has 33 heavy (non-hydrogen) atoms. The molecular formula is C23H14F4N4OPt. The summed E-state index contributed by atoms with van der Waals surface area (Å²) in [6.45, 7) is 1.68. The monoisotopic (exact) mass is 633 g/mol. The molecule has 0 bridgehead atoms. The summed E-state index contributed by atoms with van der Waals surface area (Å²) in [4.78, 5) is 15.2. The number of rotatable bonds is 5. The smallest absolute Gasteiger partial charge is 0.366 e. The third kappa shape index (κ3) is 4.84. The fourth-order valence-electron chi connectivity index (χ4n) is 3.13. The maximum atomic E-state index is 14.1. The number of hydrogen-bond donors (Lipinski definition) is 0. The summed E-state index contributed by atoms with van der Waals surface area (Å²) >= 11 is 0. The molecule has 0 spiro atoms. The van der Waals surface area contributed by atoms with Gasteiger partial charge in [0.25, 0.3) is 0 Å². The first-order valence-corrected chi connectivity index (χ1v) is 9.30. The number of halogens is 4. The van der Waals surface area contributed by atoms with Crippen molar-refractivity contribution in [2.24, 2.45) is 0 Å². The summed E-state index contributed by atoms with van der Waals surface area (Å²) in [6.07, 6.45) is 0. The van der Waals surface area contributed by atoms with E-state index >= 15 is 0 Å². The molecule has 0 aromatic carbocycles. The van der Waals surface area contributed by atoms with Crippen LogP contribution in [-0.4, -0.2) is 27.0 Å². The van der Waals surface area contributed by atoms with E-state index in [2.05, 4.69) is 32.1 Å². The molecule has 0 N–H and O–H groups in total. The van der Waals surface area contributed by atoms with Crippen LogP contribution in [0, 0.1) is 35.9 Å². The van der Waals surface area contributed by atoms with Crippen molar-refractivity contribution in [3.8, 4) is 22.5 Å². The summed E-state index contributed by atoms with van der Waals surface area (Å²) in [5, 5.41) is 0. The Morgan fingerprint density at radius 1 is 0.727 bits per heavy atom. The van der Waals surface area contributed by atoms with E-state index in [1.807, 2.05) is 0 Å². The third-order valence-electron chi connectivity index (χ3n) is 4.89. The maximum absolute atomic E-state index is 14.1. The molecule has 0 aliphatic heterocycles. The fourth-order valence-corrected chi connectivity index (χ4v) is 3.13. The molecule has 0 unspecified atom stereocenters. The van der Waals surface area contributed by atoms with E-state index in [4.69, 9.17) is 4.74 Å². The maximum Gasteiger partial charge on any atom is 2.00 e. The molecule has 4 aromatic heterocycles. The van der Waals surface area contributed by atoms with Crippen LogP contribution in [0.25, 0.3) is 22.5 Å². The van der Waals surface area contributed by atoms with Gasteiger partial charge in [0.15, 0.2) is 0 Å². The van der Waals surface area contributed by atoms with Gasteiger partial charge in [0.05, 0.1) is 11.4 Å². The molecule has 4 heterocycles. The van der Waals surface area contributed by atoms with Gasteiger partial charge < -0.3 is 4.74 Å². The Labute approximate surface area is 201 Å². The molecule has 0 amide bonds. The molecule has 10 heteroatoms. The number of ether oxygens (including phenoxy) is 1. The SMILES string of the molecule is COC(C)(c1cccc(-c2[c-]cc(F)nc2F)n1)c1cccc(-c2[c-]cc(F)nc2F)n1.[Pt+2]. The van der Waals surface area contributed by atoms with Crippen molar-refractivity contribution in [3.05, 3.63) is 95.8 Å². The molecule has 0 radical (unpaired) electrons. The van der Waals surface area contributed by atoms with E-state index < -0.39 is 29.4 Å². The molecular weight excluding hydrogens is 619 g/mol. The van der Waals surface area contributed by atoms with Crippen LogP contribution in [-0.2, 0) is 31.4 Å². The van der Waals surface area contributed by atoms with Gasteiger partial charge in [0, 0.05) is 7.11 Å². The van der Waals surface area contributed by atoms with Crippen molar-refractivity contribution < 1.29 is 43.4 Å². The number of hydrogen-bond acceptors (Lipinski definition) is 5. The molecule has 0 atom stereocenters. The first kappa shape index (κ1) is 24.6. The Hall–Kier alpha value is -3.03. The largest absolute Gasteiger partial charge is 2.00 e. The van der Waals surface area contributed by atoms with Crippen molar-refractivity contribution in [1.29, 1.82) is 0 Å². The number of aromatic nitrogens is 4.